The summed E-state index contributed by atoms with van der Waals surface area (Å²) in [5.41, 5.74) is 0.245. The van der Waals surface area contributed by atoms with E-state index in [0.717, 1.165) is 19.5 Å². The monoisotopic (exact) mass is 411 g/mol. The molecule has 1 saturated heterocycles. The van der Waals surface area contributed by atoms with Gasteiger partial charge >= 0.3 is 0 Å². The third kappa shape index (κ3) is 5.04. The highest BCUT2D eigenvalue weighted by molar-refractivity contribution is 7.89. The zero-order chi connectivity index (χ0) is 20.9. The van der Waals surface area contributed by atoms with Crippen molar-refractivity contribution in [2.45, 2.75) is 45.1 Å². The SMILES string of the molecule is CCN(CC)S(=O)(=O)c1ccc(OC)c(C(=O)NCC2CCN(C(C)C)C2)c1. The van der Waals surface area contributed by atoms with Gasteiger partial charge in [-0.2, -0.15) is 4.31 Å². The van der Waals surface area contributed by atoms with Crippen molar-refractivity contribution in [1.82, 2.24) is 14.5 Å². The summed E-state index contributed by atoms with van der Waals surface area (Å²) in [5, 5.41) is 2.96. The van der Waals surface area contributed by atoms with E-state index in [9.17, 15) is 13.2 Å². The van der Waals surface area contributed by atoms with Crippen molar-refractivity contribution in [3.05, 3.63) is 23.8 Å². The second-order valence-corrected chi connectivity index (χ2v) is 9.34. The van der Waals surface area contributed by atoms with Gasteiger partial charge in [-0.05, 0) is 50.9 Å². The Kier molecular flexibility index (Phi) is 7.86. The predicted octanol–water partition coefficient (Wildman–Crippen LogP) is 2.19. The number of hydrogen-bond donors (Lipinski definition) is 1. The summed E-state index contributed by atoms with van der Waals surface area (Å²) >= 11 is 0. The number of rotatable bonds is 9. The topological polar surface area (TPSA) is 78.9 Å². The van der Waals surface area contributed by atoms with E-state index in [4.69, 9.17) is 4.74 Å². The molecule has 1 unspecified atom stereocenters. The number of likely N-dealkylation sites (tertiary alicyclic amines) is 1. The Labute approximate surface area is 169 Å². The van der Waals surface area contributed by atoms with E-state index in [0.29, 0.717) is 37.3 Å². The molecule has 0 aromatic heterocycles. The molecule has 0 aliphatic carbocycles. The van der Waals surface area contributed by atoms with Crippen LogP contribution in [-0.2, 0) is 10.0 Å². The molecule has 2 rings (SSSR count). The molecule has 1 heterocycles. The Hall–Kier alpha value is -1.64. The van der Waals surface area contributed by atoms with E-state index in [-0.39, 0.29) is 16.4 Å². The first-order valence-electron chi connectivity index (χ1n) is 9.94. The average molecular weight is 412 g/mol. The summed E-state index contributed by atoms with van der Waals surface area (Å²) in [6.07, 6.45) is 1.05. The number of amides is 1. The van der Waals surface area contributed by atoms with Crippen molar-refractivity contribution < 1.29 is 17.9 Å². The van der Waals surface area contributed by atoms with Crippen LogP contribution >= 0.6 is 0 Å². The zero-order valence-corrected chi connectivity index (χ0v) is 18.4. The fourth-order valence-corrected chi connectivity index (χ4v) is 5.05. The first-order valence-corrected chi connectivity index (χ1v) is 11.4. The number of benzene rings is 1. The molecule has 1 aliphatic heterocycles. The molecule has 1 atom stereocenters. The fourth-order valence-electron chi connectivity index (χ4n) is 3.57. The van der Waals surface area contributed by atoms with Crippen LogP contribution in [0.15, 0.2) is 23.1 Å². The maximum absolute atomic E-state index is 12.8. The largest absolute Gasteiger partial charge is 0.496 e. The number of sulfonamides is 1. The molecular weight excluding hydrogens is 378 g/mol. The second-order valence-electron chi connectivity index (χ2n) is 7.40. The van der Waals surface area contributed by atoms with E-state index in [1.165, 1.54) is 23.5 Å². The van der Waals surface area contributed by atoms with Crippen molar-refractivity contribution in [2.75, 3.05) is 39.8 Å². The molecule has 8 heteroatoms. The fraction of sp³-hybridized carbons (Fsp3) is 0.650. The van der Waals surface area contributed by atoms with Crippen molar-refractivity contribution in [3.8, 4) is 5.75 Å². The summed E-state index contributed by atoms with van der Waals surface area (Å²) in [6, 6.07) is 4.95. The van der Waals surface area contributed by atoms with Gasteiger partial charge in [0.25, 0.3) is 5.91 Å². The van der Waals surface area contributed by atoms with E-state index >= 15 is 0 Å². The number of nitrogens with zero attached hydrogens (tertiary/aromatic N) is 2. The zero-order valence-electron chi connectivity index (χ0n) is 17.6. The second kappa shape index (κ2) is 9.71. The molecule has 1 N–H and O–H groups in total. The van der Waals surface area contributed by atoms with E-state index in [1.54, 1.807) is 19.9 Å². The lowest BCUT2D eigenvalue weighted by atomic mass is 10.1. The van der Waals surface area contributed by atoms with Crippen LogP contribution < -0.4 is 10.1 Å². The highest BCUT2D eigenvalue weighted by Crippen LogP contribution is 2.25. The molecule has 1 aromatic rings. The van der Waals surface area contributed by atoms with Crippen molar-refractivity contribution in [3.63, 3.8) is 0 Å². The lowest BCUT2D eigenvalue weighted by molar-refractivity contribution is 0.0944. The van der Waals surface area contributed by atoms with Crippen LogP contribution in [0.5, 0.6) is 5.75 Å². The molecule has 7 nitrogen and oxygen atoms in total. The van der Waals surface area contributed by atoms with Crippen LogP contribution in [0.3, 0.4) is 0 Å². The van der Waals surface area contributed by atoms with Crippen molar-refractivity contribution in [2.24, 2.45) is 5.92 Å². The molecule has 0 spiro atoms. The molecule has 0 radical (unpaired) electrons. The van der Waals surface area contributed by atoms with Crippen LogP contribution in [-0.4, -0.2) is 69.4 Å². The van der Waals surface area contributed by atoms with Gasteiger partial charge in [-0.3, -0.25) is 4.79 Å². The number of ether oxygens (including phenoxy) is 1. The Morgan fingerprint density at radius 1 is 1.32 bits per heavy atom. The summed E-state index contributed by atoms with van der Waals surface area (Å²) in [7, 11) is -2.16. The van der Waals surface area contributed by atoms with Gasteiger partial charge < -0.3 is 15.0 Å². The highest BCUT2D eigenvalue weighted by atomic mass is 32.2. The Balaban J connectivity index is 2.16. The lowest BCUT2D eigenvalue weighted by Gasteiger charge is -2.21. The predicted molar refractivity (Wildman–Crippen MR) is 110 cm³/mol. The first-order chi connectivity index (χ1) is 13.2. The van der Waals surface area contributed by atoms with Gasteiger partial charge in [0.05, 0.1) is 17.6 Å². The van der Waals surface area contributed by atoms with Gasteiger partial charge in [-0.25, -0.2) is 8.42 Å². The molecular formula is C20H33N3O4S. The van der Waals surface area contributed by atoms with Crippen LogP contribution in [0.1, 0.15) is 44.5 Å². The minimum Gasteiger partial charge on any atom is -0.496 e. The van der Waals surface area contributed by atoms with Crippen molar-refractivity contribution >= 4 is 15.9 Å². The summed E-state index contributed by atoms with van der Waals surface area (Å²) in [6.45, 7) is 11.3. The van der Waals surface area contributed by atoms with Gasteiger partial charge in [0.2, 0.25) is 10.0 Å². The molecule has 1 fully saturated rings. The summed E-state index contributed by atoms with van der Waals surface area (Å²) in [5.74, 6) is 0.461. The normalized spacial score (nSPS) is 18.0. The van der Waals surface area contributed by atoms with Crippen molar-refractivity contribution in [1.29, 1.82) is 0 Å². The molecule has 0 saturated carbocycles. The van der Waals surface area contributed by atoms with Gasteiger partial charge in [0.15, 0.2) is 0 Å². The molecule has 0 bridgehead atoms. The highest BCUT2D eigenvalue weighted by Gasteiger charge is 2.27. The molecule has 28 heavy (non-hydrogen) atoms. The number of carbonyl (C=O) groups is 1. The Morgan fingerprint density at radius 2 is 2.00 bits per heavy atom. The van der Waals surface area contributed by atoms with E-state index < -0.39 is 10.0 Å². The first kappa shape index (κ1) is 22.6. The number of hydrogen-bond acceptors (Lipinski definition) is 5. The number of nitrogens with one attached hydrogen (secondary N) is 1. The Morgan fingerprint density at radius 3 is 2.54 bits per heavy atom. The third-order valence-corrected chi connectivity index (χ3v) is 7.40. The van der Waals surface area contributed by atoms with Crippen LogP contribution in [0.4, 0.5) is 0 Å². The molecule has 158 valence electrons. The quantitative estimate of drug-likeness (QED) is 0.674. The van der Waals surface area contributed by atoms with Gasteiger partial charge in [0.1, 0.15) is 5.75 Å². The smallest absolute Gasteiger partial charge is 0.255 e. The molecule has 1 aromatic carbocycles. The lowest BCUT2D eigenvalue weighted by Crippen LogP contribution is -2.33. The molecule has 1 amide bonds. The van der Waals surface area contributed by atoms with Gasteiger partial charge in [0, 0.05) is 32.2 Å². The standard InChI is InChI=1S/C20H33N3O4S/c1-6-23(7-2)28(25,26)17-8-9-19(27-5)18(12-17)20(24)21-13-16-10-11-22(14-16)15(3)4/h8-9,12,15-16H,6-7,10-11,13-14H2,1-5H3,(H,21,24). The summed E-state index contributed by atoms with van der Waals surface area (Å²) in [4.78, 5) is 15.3. The number of methoxy groups -OCH3 is 1. The van der Waals surface area contributed by atoms with E-state index in [1.807, 2.05) is 0 Å². The Bertz CT molecular complexity index is 776. The van der Waals surface area contributed by atoms with Crippen LogP contribution in [0.25, 0.3) is 0 Å². The molecule has 1 aliphatic rings. The third-order valence-electron chi connectivity index (χ3n) is 5.36. The maximum Gasteiger partial charge on any atom is 0.255 e. The van der Waals surface area contributed by atoms with Gasteiger partial charge in [-0.15, -0.1) is 0 Å². The minimum atomic E-state index is -3.64. The van der Waals surface area contributed by atoms with Crippen LogP contribution in [0, 0.1) is 5.92 Å². The average Bonchev–Trinajstić information content (AvgIpc) is 3.15. The summed E-state index contributed by atoms with van der Waals surface area (Å²) < 4.78 is 32.2. The minimum absolute atomic E-state index is 0.106. The maximum atomic E-state index is 12.8. The van der Waals surface area contributed by atoms with Crippen LogP contribution in [0.2, 0.25) is 0 Å². The number of carbonyl (C=O) groups excluding carboxylic acids is 1. The van der Waals surface area contributed by atoms with E-state index in [2.05, 4.69) is 24.1 Å². The van der Waals surface area contributed by atoms with Gasteiger partial charge in [-0.1, -0.05) is 13.8 Å².